The van der Waals surface area contributed by atoms with Gasteiger partial charge in [0.1, 0.15) is 5.82 Å². The summed E-state index contributed by atoms with van der Waals surface area (Å²) in [5.41, 5.74) is 0.461. The van der Waals surface area contributed by atoms with Gasteiger partial charge in [-0.2, -0.15) is 0 Å². The fourth-order valence-corrected chi connectivity index (χ4v) is 1.67. The number of hydrogen-bond donors (Lipinski definition) is 1. The van der Waals surface area contributed by atoms with Crippen molar-refractivity contribution < 1.29 is 14.3 Å². The smallest absolute Gasteiger partial charge is 0.338 e. The Hall–Kier alpha value is -1.82. The first-order valence-corrected chi connectivity index (χ1v) is 5.38. The number of aromatic carboxylic acids is 1. The summed E-state index contributed by atoms with van der Waals surface area (Å²) in [6.45, 7) is 0. The van der Waals surface area contributed by atoms with Crippen LogP contribution in [-0.2, 0) is 0 Å². The van der Waals surface area contributed by atoms with Gasteiger partial charge in [-0.25, -0.2) is 19.2 Å². The first-order valence-electron chi connectivity index (χ1n) is 4.58. The van der Waals surface area contributed by atoms with Crippen LogP contribution >= 0.6 is 15.9 Å². The van der Waals surface area contributed by atoms with Crippen molar-refractivity contribution in [3.8, 4) is 11.4 Å². The van der Waals surface area contributed by atoms with Gasteiger partial charge in [-0.05, 0) is 18.2 Å². The first kappa shape index (κ1) is 11.7. The number of benzene rings is 1. The van der Waals surface area contributed by atoms with Gasteiger partial charge in [-0.1, -0.05) is 15.9 Å². The van der Waals surface area contributed by atoms with Crippen molar-refractivity contribution in [3.05, 3.63) is 46.4 Å². The van der Waals surface area contributed by atoms with Gasteiger partial charge in [0.15, 0.2) is 5.82 Å². The van der Waals surface area contributed by atoms with Crippen molar-refractivity contribution in [2.75, 3.05) is 0 Å². The molecule has 0 unspecified atom stereocenters. The van der Waals surface area contributed by atoms with E-state index >= 15 is 0 Å². The summed E-state index contributed by atoms with van der Waals surface area (Å²) in [5, 5.41) is 8.70. The highest BCUT2D eigenvalue weighted by molar-refractivity contribution is 9.10. The maximum atomic E-state index is 13.1. The van der Waals surface area contributed by atoms with Gasteiger partial charge in [-0.15, -0.1) is 0 Å². The summed E-state index contributed by atoms with van der Waals surface area (Å²) in [4.78, 5) is 18.4. The highest BCUT2D eigenvalue weighted by atomic mass is 79.9. The number of carbonyl (C=O) groups is 1. The number of rotatable bonds is 2. The molecule has 2 rings (SSSR count). The topological polar surface area (TPSA) is 63.1 Å². The molecule has 0 spiro atoms. The van der Waals surface area contributed by atoms with E-state index < -0.39 is 11.8 Å². The molecular formula is C11H6BrFN2O2. The van der Waals surface area contributed by atoms with E-state index in [1.165, 1.54) is 24.5 Å². The minimum Gasteiger partial charge on any atom is -0.478 e. The summed E-state index contributed by atoms with van der Waals surface area (Å²) in [7, 11) is 0. The van der Waals surface area contributed by atoms with Crippen molar-refractivity contribution >= 4 is 21.9 Å². The SMILES string of the molecule is O=C(O)c1cnc(-c2cc(F)ccc2Br)nc1. The van der Waals surface area contributed by atoms with Gasteiger partial charge in [0.25, 0.3) is 0 Å². The largest absolute Gasteiger partial charge is 0.478 e. The third-order valence-electron chi connectivity index (χ3n) is 2.07. The van der Waals surface area contributed by atoms with Gasteiger partial charge in [0, 0.05) is 22.4 Å². The van der Waals surface area contributed by atoms with Crippen molar-refractivity contribution in [1.82, 2.24) is 9.97 Å². The minimum absolute atomic E-state index is 0.0127. The van der Waals surface area contributed by atoms with E-state index in [2.05, 4.69) is 25.9 Å². The van der Waals surface area contributed by atoms with Gasteiger partial charge >= 0.3 is 5.97 Å². The van der Waals surface area contributed by atoms with Crippen LogP contribution < -0.4 is 0 Å². The van der Waals surface area contributed by atoms with E-state index in [1.54, 1.807) is 6.07 Å². The molecule has 0 aliphatic heterocycles. The zero-order chi connectivity index (χ0) is 12.4. The second-order valence-corrected chi connectivity index (χ2v) is 4.08. The van der Waals surface area contributed by atoms with Gasteiger partial charge in [0.05, 0.1) is 5.56 Å². The average Bonchev–Trinajstić information content (AvgIpc) is 2.32. The first-order chi connectivity index (χ1) is 8.08. The average molecular weight is 297 g/mol. The maximum Gasteiger partial charge on any atom is 0.338 e. The van der Waals surface area contributed by atoms with E-state index in [9.17, 15) is 9.18 Å². The van der Waals surface area contributed by atoms with Crippen LogP contribution in [-0.4, -0.2) is 21.0 Å². The molecule has 17 heavy (non-hydrogen) atoms. The molecule has 0 atom stereocenters. The Morgan fingerprint density at radius 3 is 2.53 bits per heavy atom. The lowest BCUT2D eigenvalue weighted by Crippen LogP contribution is -1.99. The van der Waals surface area contributed by atoms with Gasteiger partial charge in [-0.3, -0.25) is 0 Å². The van der Waals surface area contributed by atoms with Crippen molar-refractivity contribution in [2.24, 2.45) is 0 Å². The second kappa shape index (κ2) is 4.58. The molecule has 0 fully saturated rings. The molecule has 2 aromatic rings. The Balaban J connectivity index is 2.46. The van der Waals surface area contributed by atoms with Crippen LogP contribution in [0.2, 0.25) is 0 Å². The fraction of sp³-hybridized carbons (Fsp3) is 0. The number of halogens is 2. The van der Waals surface area contributed by atoms with Crippen LogP contribution in [0.5, 0.6) is 0 Å². The molecule has 0 amide bonds. The maximum absolute atomic E-state index is 13.1. The molecule has 0 aliphatic rings. The van der Waals surface area contributed by atoms with E-state index in [-0.39, 0.29) is 11.4 Å². The van der Waals surface area contributed by atoms with Crippen LogP contribution in [0.25, 0.3) is 11.4 Å². The third-order valence-corrected chi connectivity index (χ3v) is 2.76. The Kier molecular flexibility index (Phi) is 3.14. The number of carboxylic acid groups (broad SMARTS) is 1. The molecule has 0 saturated heterocycles. The highest BCUT2D eigenvalue weighted by Gasteiger charge is 2.09. The Labute approximate surface area is 104 Å². The molecule has 1 heterocycles. The Morgan fingerprint density at radius 1 is 1.29 bits per heavy atom. The molecule has 4 nitrogen and oxygen atoms in total. The van der Waals surface area contributed by atoms with E-state index in [1.807, 2.05) is 0 Å². The lowest BCUT2D eigenvalue weighted by molar-refractivity contribution is 0.0696. The quantitative estimate of drug-likeness (QED) is 0.925. The standard InChI is InChI=1S/C11H6BrFN2O2/c12-9-2-1-7(13)3-8(9)10-14-4-6(5-15-10)11(16)17/h1-5H,(H,16,17). The molecule has 0 aliphatic carbocycles. The molecule has 86 valence electrons. The van der Waals surface area contributed by atoms with E-state index in [0.717, 1.165) is 0 Å². The van der Waals surface area contributed by atoms with Crippen LogP contribution in [0.15, 0.2) is 35.1 Å². The highest BCUT2D eigenvalue weighted by Crippen LogP contribution is 2.25. The van der Waals surface area contributed by atoms with Crippen molar-refractivity contribution in [2.45, 2.75) is 0 Å². The fourth-order valence-electron chi connectivity index (χ4n) is 1.25. The van der Waals surface area contributed by atoms with Crippen LogP contribution in [0.1, 0.15) is 10.4 Å². The molecule has 0 bridgehead atoms. The predicted molar refractivity (Wildman–Crippen MR) is 62.1 cm³/mol. The number of aromatic nitrogens is 2. The Morgan fingerprint density at radius 2 is 1.94 bits per heavy atom. The van der Waals surface area contributed by atoms with Crippen molar-refractivity contribution in [1.29, 1.82) is 0 Å². The summed E-state index contributed by atoms with van der Waals surface area (Å²) >= 11 is 3.25. The molecule has 1 N–H and O–H groups in total. The molecule has 0 radical (unpaired) electrons. The summed E-state index contributed by atoms with van der Waals surface area (Å²) in [6.07, 6.45) is 2.37. The Bertz CT molecular complexity index is 572. The lowest BCUT2D eigenvalue weighted by atomic mass is 10.2. The lowest BCUT2D eigenvalue weighted by Gasteiger charge is -2.03. The molecular weight excluding hydrogens is 291 g/mol. The summed E-state index contributed by atoms with van der Waals surface area (Å²) in [5.74, 6) is -1.25. The minimum atomic E-state index is -1.10. The van der Waals surface area contributed by atoms with E-state index in [4.69, 9.17) is 5.11 Å². The zero-order valence-corrected chi connectivity index (χ0v) is 9.98. The summed E-state index contributed by atoms with van der Waals surface area (Å²) in [6, 6.07) is 4.12. The van der Waals surface area contributed by atoms with Crippen LogP contribution in [0, 0.1) is 5.82 Å². The van der Waals surface area contributed by atoms with Crippen LogP contribution in [0.3, 0.4) is 0 Å². The number of carboxylic acids is 1. The molecule has 0 saturated carbocycles. The number of hydrogen-bond acceptors (Lipinski definition) is 3. The molecule has 1 aromatic heterocycles. The summed E-state index contributed by atoms with van der Waals surface area (Å²) < 4.78 is 13.7. The number of nitrogens with zero attached hydrogens (tertiary/aromatic N) is 2. The predicted octanol–water partition coefficient (Wildman–Crippen LogP) is 2.74. The van der Waals surface area contributed by atoms with Crippen LogP contribution in [0.4, 0.5) is 4.39 Å². The van der Waals surface area contributed by atoms with Gasteiger partial charge in [0.2, 0.25) is 0 Å². The molecule has 6 heteroatoms. The molecule has 1 aromatic carbocycles. The van der Waals surface area contributed by atoms with E-state index in [0.29, 0.717) is 10.0 Å². The monoisotopic (exact) mass is 296 g/mol. The zero-order valence-electron chi connectivity index (χ0n) is 8.39. The van der Waals surface area contributed by atoms with Gasteiger partial charge < -0.3 is 5.11 Å². The normalized spacial score (nSPS) is 10.2. The second-order valence-electron chi connectivity index (χ2n) is 3.22. The van der Waals surface area contributed by atoms with Crippen molar-refractivity contribution in [3.63, 3.8) is 0 Å². The third kappa shape index (κ3) is 2.47.